The molecule has 1 fully saturated rings. The van der Waals surface area contributed by atoms with Crippen molar-refractivity contribution < 1.29 is 0 Å². The molecule has 0 aromatic carbocycles. The maximum Gasteiger partial charge on any atom is 0.147 e. The summed E-state index contributed by atoms with van der Waals surface area (Å²) >= 11 is 3.34. The monoisotopic (exact) mass is 267 g/mol. The number of nitrogens with zero attached hydrogens (tertiary/aromatic N) is 2. The first-order valence-corrected chi connectivity index (χ1v) is 6.02. The number of aromatic nitrogens is 1. The highest BCUT2D eigenvalue weighted by atomic mass is 79.9. The molecule has 0 radical (unpaired) electrons. The van der Waals surface area contributed by atoms with Crippen LogP contribution in [0.25, 0.3) is 0 Å². The summed E-state index contributed by atoms with van der Waals surface area (Å²) < 4.78 is 0.956. The predicted molar refractivity (Wildman–Crippen MR) is 64.2 cm³/mol. The third kappa shape index (κ3) is 2.56. The Bertz CT molecular complexity index is 341. The summed E-state index contributed by atoms with van der Waals surface area (Å²) in [6.45, 7) is 1.99. The highest BCUT2D eigenvalue weighted by Gasteiger charge is 2.15. The number of likely N-dealkylation sites (tertiary alicyclic amines) is 1. The van der Waals surface area contributed by atoms with Crippen LogP contribution < -0.4 is 0 Å². The van der Waals surface area contributed by atoms with Crippen LogP contribution in [0.3, 0.4) is 0 Å². The summed E-state index contributed by atoms with van der Waals surface area (Å²) in [6, 6.07) is 3.82. The van der Waals surface area contributed by atoms with Crippen molar-refractivity contribution >= 4 is 21.8 Å². The fourth-order valence-corrected chi connectivity index (χ4v) is 2.03. The van der Waals surface area contributed by atoms with E-state index in [0.29, 0.717) is 5.84 Å². The van der Waals surface area contributed by atoms with Gasteiger partial charge in [-0.2, -0.15) is 0 Å². The van der Waals surface area contributed by atoms with Crippen molar-refractivity contribution in [3.63, 3.8) is 0 Å². The van der Waals surface area contributed by atoms with Crippen molar-refractivity contribution in [2.24, 2.45) is 0 Å². The van der Waals surface area contributed by atoms with Gasteiger partial charge < -0.3 is 4.90 Å². The van der Waals surface area contributed by atoms with Crippen molar-refractivity contribution in [3.05, 3.63) is 28.5 Å². The minimum absolute atomic E-state index is 0.558. The molecule has 2 rings (SSSR count). The fourth-order valence-electron chi connectivity index (χ4n) is 1.80. The van der Waals surface area contributed by atoms with E-state index in [4.69, 9.17) is 5.41 Å². The Morgan fingerprint density at radius 2 is 2.00 bits per heavy atom. The number of rotatable bonds is 1. The van der Waals surface area contributed by atoms with Gasteiger partial charge in [0.1, 0.15) is 11.5 Å². The van der Waals surface area contributed by atoms with Gasteiger partial charge in [0.05, 0.1) is 0 Å². The van der Waals surface area contributed by atoms with E-state index < -0.39 is 0 Å². The van der Waals surface area contributed by atoms with Crippen LogP contribution in [0.2, 0.25) is 0 Å². The molecule has 1 N–H and O–H groups in total. The smallest absolute Gasteiger partial charge is 0.147 e. The molecule has 0 saturated carbocycles. The molecule has 1 aliphatic rings. The Morgan fingerprint density at radius 1 is 1.27 bits per heavy atom. The number of pyridine rings is 1. The summed E-state index contributed by atoms with van der Waals surface area (Å²) in [6.07, 6.45) is 5.42. The molecule has 0 unspecified atom stereocenters. The third-order valence-electron chi connectivity index (χ3n) is 2.64. The van der Waals surface area contributed by atoms with E-state index in [9.17, 15) is 0 Å². The second-order valence-electron chi connectivity index (χ2n) is 3.76. The molecule has 80 valence electrons. The van der Waals surface area contributed by atoms with Crippen LogP contribution in [0, 0.1) is 5.41 Å². The standard InChI is InChI=1S/C11H14BrN3/c12-9-4-5-10(14-8-9)11(13)15-6-2-1-3-7-15/h4-5,8,13H,1-3,6-7H2. The Balaban J connectivity index is 2.09. The quantitative estimate of drug-likeness (QED) is 0.628. The largest absolute Gasteiger partial charge is 0.355 e. The molecule has 1 aromatic heterocycles. The minimum atomic E-state index is 0.558. The van der Waals surface area contributed by atoms with E-state index >= 15 is 0 Å². The van der Waals surface area contributed by atoms with Gasteiger partial charge >= 0.3 is 0 Å². The summed E-state index contributed by atoms with van der Waals surface area (Å²) in [5, 5.41) is 8.04. The first-order valence-electron chi connectivity index (χ1n) is 5.23. The average molecular weight is 268 g/mol. The molecule has 1 aromatic rings. The number of nitrogens with one attached hydrogen (secondary N) is 1. The molecule has 0 aliphatic carbocycles. The molecule has 1 aliphatic heterocycles. The van der Waals surface area contributed by atoms with Gasteiger partial charge in [0.25, 0.3) is 0 Å². The summed E-state index contributed by atoms with van der Waals surface area (Å²) in [5.41, 5.74) is 0.764. The number of hydrogen-bond acceptors (Lipinski definition) is 2. The van der Waals surface area contributed by atoms with Crippen LogP contribution in [-0.4, -0.2) is 28.8 Å². The van der Waals surface area contributed by atoms with Gasteiger partial charge in [-0.25, -0.2) is 0 Å². The van der Waals surface area contributed by atoms with Crippen LogP contribution in [0.1, 0.15) is 25.0 Å². The van der Waals surface area contributed by atoms with Gasteiger partial charge in [0.15, 0.2) is 0 Å². The second kappa shape index (κ2) is 4.75. The first kappa shape index (κ1) is 10.6. The number of halogens is 1. The van der Waals surface area contributed by atoms with Crippen molar-refractivity contribution in [1.29, 1.82) is 5.41 Å². The maximum atomic E-state index is 8.04. The Morgan fingerprint density at radius 3 is 2.60 bits per heavy atom. The SMILES string of the molecule is N=C(c1ccc(Br)cn1)N1CCCCC1. The lowest BCUT2D eigenvalue weighted by Gasteiger charge is -2.28. The van der Waals surface area contributed by atoms with Crippen LogP contribution >= 0.6 is 15.9 Å². The Kier molecular flexibility index (Phi) is 3.36. The van der Waals surface area contributed by atoms with Crippen LogP contribution in [0.4, 0.5) is 0 Å². The van der Waals surface area contributed by atoms with E-state index in [1.165, 1.54) is 19.3 Å². The molecule has 4 heteroatoms. The molecule has 0 amide bonds. The normalized spacial score (nSPS) is 16.5. The average Bonchev–Trinajstić information content (AvgIpc) is 2.30. The molecular weight excluding hydrogens is 254 g/mol. The van der Waals surface area contributed by atoms with Crippen molar-refractivity contribution in [2.45, 2.75) is 19.3 Å². The van der Waals surface area contributed by atoms with Gasteiger partial charge in [0.2, 0.25) is 0 Å². The Hall–Kier alpha value is -0.900. The van der Waals surface area contributed by atoms with E-state index in [2.05, 4.69) is 25.8 Å². The zero-order valence-corrected chi connectivity index (χ0v) is 10.1. The highest BCUT2D eigenvalue weighted by molar-refractivity contribution is 9.10. The van der Waals surface area contributed by atoms with Crippen molar-refractivity contribution in [2.75, 3.05) is 13.1 Å². The highest BCUT2D eigenvalue weighted by Crippen LogP contribution is 2.13. The molecule has 1 saturated heterocycles. The van der Waals surface area contributed by atoms with Crippen LogP contribution in [-0.2, 0) is 0 Å². The maximum absolute atomic E-state index is 8.04. The van der Waals surface area contributed by atoms with Crippen molar-refractivity contribution in [1.82, 2.24) is 9.88 Å². The third-order valence-corrected chi connectivity index (χ3v) is 3.11. The zero-order chi connectivity index (χ0) is 10.7. The van der Waals surface area contributed by atoms with Gasteiger partial charge in [0, 0.05) is 23.8 Å². The Labute approximate surface area is 98.1 Å². The first-order chi connectivity index (χ1) is 7.27. The number of piperidine rings is 1. The van der Waals surface area contributed by atoms with Gasteiger partial charge in [-0.15, -0.1) is 0 Å². The molecule has 15 heavy (non-hydrogen) atoms. The topological polar surface area (TPSA) is 40.0 Å². The van der Waals surface area contributed by atoms with Gasteiger partial charge in [-0.05, 0) is 47.3 Å². The molecular formula is C11H14BrN3. The molecule has 0 atom stereocenters. The van der Waals surface area contributed by atoms with Crippen LogP contribution in [0.15, 0.2) is 22.8 Å². The second-order valence-corrected chi connectivity index (χ2v) is 4.67. The lowest BCUT2D eigenvalue weighted by Crippen LogP contribution is -2.36. The van der Waals surface area contributed by atoms with Gasteiger partial charge in [-0.1, -0.05) is 0 Å². The van der Waals surface area contributed by atoms with E-state index in [1.54, 1.807) is 6.20 Å². The van der Waals surface area contributed by atoms with E-state index in [-0.39, 0.29) is 0 Å². The summed E-state index contributed by atoms with van der Waals surface area (Å²) in [5.74, 6) is 0.558. The molecule has 0 spiro atoms. The predicted octanol–water partition coefficient (Wildman–Crippen LogP) is 2.66. The van der Waals surface area contributed by atoms with Gasteiger partial charge in [-0.3, -0.25) is 10.4 Å². The lowest BCUT2D eigenvalue weighted by molar-refractivity contribution is 0.340. The number of hydrogen-bond donors (Lipinski definition) is 1. The lowest BCUT2D eigenvalue weighted by atomic mass is 10.1. The number of amidine groups is 1. The van der Waals surface area contributed by atoms with Crippen LogP contribution in [0.5, 0.6) is 0 Å². The molecule has 0 bridgehead atoms. The van der Waals surface area contributed by atoms with E-state index in [0.717, 1.165) is 23.3 Å². The summed E-state index contributed by atoms with van der Waals surface area (Å²) in [4.78, 5) is 6.35. The molecule has 3 nitrogen and oxygen atoms in total. The molecule has 2 heterocycles. The zero-order valence-electron chi connectivity index (χ0n) is 8.54. The summed E-state index contributed by atoms with van der Waals surface area (Å²) in [7, 11) is 0. The minimum Gasteiger partial charge on any atom is -0.355 e. The van der Waals surface area contributed by atoms with E-state index in [1.807, 2.05) is 12.1 Å². The van der Waals surface area contributed by atoms with Crippen molar-refractivity contribution in [3.8, 4) is 0 Å². The fraction of sp³-hybridized carbons (Fsp3) is 0.455.